The molecule has 0 aliphatic rings. The van der Waals surface area contributed by atoms with Crippen molar-refractivity contribution in [1.29, 1.82) is 0 Å². The molecule has 1 aromatic heterocycles. The van der Waals surface area contributed by atoms with Gasteiger partial charge in [0.1, 0.15) is 11.2 Å². The highest BCUT2D eigenvalue weighted by Gasteiger charge is 2.21. The predicted molar refractivity (Wildman–Crippen MR) is 212 cm³/mol. The van der Waals surface area contributed by atoms with E-state index in [2.05, 4.69) is 193 Å². The lowest BCUT2D eigenvalue weighted by atomic mass is 9.97. The molecule has 234 valence electrons. The van der Waals surface area contributed by atoms with Crippen molar-refractivity contribution in [1.82, 2.24) is 0 Å². The molecule has 0 spiro atoms. The number of fused-ring (bicyclic) bond motifs is 6. The molecule has 9 aromatic carbocycles. The summed E-state index contributed by atoms with van der Waals surface area (Å²) in [7, 11) is 0. The number of hydrogen-bond donors (Lipinski definition) is 0. The quantitative estimate of drug-likeness (QED) is 0.187. The number of benzene rings is 9. The predicted octanol–water partition coefficient (Wildman–Crippen LogP) is 13.8. The van der Waals surface area contributed by atoms with Crippen molar-refractivity contribution in [3.05, 3.63) is 188 Å². The standard InChI is InChI=1S/C48H31NO/c1-2-13-35-29-39(28-23-32(35)11-1)49(38-26-24-34(25-27-38)41-19-9-16-33-12-5-6-17-40(33)41)46-22-8-7-18-42(46)43-20-10-21-44-45-30-36-14-3-4-15-37(36)31-47(45)50-48(43)44/h1-31H. The van der Waals surface area contributed by atoms with Crippen LogP contribution in [0.2, 0.25) is 0 Å². The summed E-state index contributed by atoms with van der Waals surface area (Å²) in [5.74, 6) is 0. The van der Waals surface area contributed by atoms with Gasteiger partial charge in [0.2, 0.25) is 0 Å². The second-order valence-corrected chi connectivity index (χ2v) is 12.9. The Bertz CT molecular complexity index is 2870. The summed E-state index contributed by atoms with van der Waals surface area (Å²) in [6, 6.07) is 67.5. The van der Waals surface area contributed by atoms with Crippen LogP contribution in [0.4, 0.5) is 17.1 Å². The normalized spacial score (nSPS) is 11.6. The minimum Gasteiger partial charge on any atom is -0.455 e. The maximum Gasteiger partial charge on any atom is 0.143 e. The zero-order valence-electron chi connectivity index (χ0n) is 27.3. The summed E-state index contributed by atoms with van der Waals surface area (Å²) in [4.78, 5) is 2.38. The van der Waals surface area contributed by atoms with Gasteiger partial charge in [-0.05, 0) is 85.9 Å². The highest BCUT2D eigenvalue weighted by Crippen LogP contribution is 2.45. The lowest BCUT2D eigenvalue weighted by molar-refractivity contribution is 0.670. The molecular formula is C48H31NO. The van der Waals surface area contributed by atoms with Crippen LogP contribution in [0.1, 0.15) is 0 Å². The van der Waals surface area contributed by atoms with E-state index in [0.717, 1.165) is 50.1 Å². The van der Waals surface area contributed by atoms with Crippen LogP contribution < -0.4 is 4.90 Å². The van der Waals surface area contributed by atoms with E-state index in [1.807, 2.05) is 0 Å². The van der Waals surface area contributed by atoms with Crippen LogP contribution in [0.25, 0.3) is 76.5 Å². The van der Waals surface area contributed by atoms with Gasteiger partial charge >= 0.3 is 0 Å². The number of hydrogen-bond acceptors (Lipinski definition) is 2. The van der Waals surface area contributed by atoms with Crippen molar-refractivity contribution in [3.8, 4) is 22.3 Å². The van der Waals surface area contributed by atoms with Gasteiger partial charge in [0, 0.05) is 33.3 Å². The third-order valence-corrected chi connectivity index (χ3v) is 10.0. The van der Waals surface area contributed by atoms with Gasteiger partial charge in [-0.15, -0.1) is 0 Å². The second kappa shape index (κ2) is 11.5. The highest BCUT2D eigenvalue weighted by atomic mass is 16.3. The van der Waals surface area contributed by atoms with Crippen LogP contribution in [0.3, 0.4) is 0 Å². The largest absolute Gasteiger partial charge is 0.455 e. The molecule has 2 nitrogen and oxygen atoms in total. The van der Waals surface area contributed by atoms with Gasteiger partial charge in [-0.25, -0.2) is 0 Å². The van der Waals surface area contributed by atoms with E-state index < -0.39 is 0 Å². The Morgan fingerprint density at radius 1 is 0.340 bits per heavy atom. The molecule has 50 heavy (non-hydrogen) atoms. The lowest BCUT2D eigenvalue weighted by Gasteiger charge is -2.28. The first-order valence-electron chi connectivity index (χ1n) is 17.1. The van der Waals surface area contributed by atoms with Gasteiger partial charge in [-0.3, -0.25) is 0 Å². The van der Waals surface area contributed by atoms with Gasteiger partial charge in [0.15, 0.2) is 0 Å². The molecule has 2 heteroatoms. The van der Waals surface area contributed by atoms with Crippen molar-refractivity contribution >= 4 is 71.3 Å². The molecule has 0 N–H and O–H groups in total. The Balaban J connectivity index is 1.17. The van der Waals surface area contributed by atoms with E-state index in [4.69, 9.17) is 4.42 Å². The van der Waals surface area contributed by atoms with Crippen LogP contribution in [0.5, 0.6) is 0 Å². The summed E-state index contributed by atoms with van der Waals surface area (Å²) >= 11 is 0. The summed E-state index contributed by atoms with van der Waals surface area (Å²) < 4.78 is 6.73. The number of rotatable bonds is 5. The molecule has 0 atom stereocenters. The van der Waals surface area contributed by atoms with E-state index in [1.54, 1.807) is 0 Å². The fourth-order valence-electron chi connectivity index (χ4n) is 7.60. The van der Waals surface area contributed by atoms with Crippen molar-refractivity contribution in [2.24, 2.45) is 0 Å². The Hall–Kier alpha value is -6.64. The van der Waals surface area contributed by atoms with Crippen LogP contribution in [-0.4, -0.2) is 0 Å². The molecule has 0 saturated heterocycles. The molecule has 0 aliphatic heterocycles. The molecule has 1 heterocycles. The SMILES string of the molecule is c1ccc(N(c2ccc(-c3cccc4ccccc34)cc2)c2ccc3ccccc3c2)c(-c2cccc3c2oc2cc4ccccc4cc23)c1. The maximum absolute atomic E-state index is 6.73. The second-order valence-electron chi connectivity index (χ2n) is 12.9. The van der Waals surface area contributed by atoms with Gasteiger partial charge in [-0.1, -0.05) is 146 Å². The van der Waals surface area contributed by atoms with Crippen molar-refractivity contribution in [2.45, 2.75) is 0 Å². The lowest BCUT2D eigenvalue weighted by Crippen LogP contribution is -2.11. The third-order valence-electron chi connectivity index (χ3n) is 10.0. The van der Waals surface area contributed by atoms with E-state index in [1.165, 1.54) is 43.4 Å². The Kier molecular flexibility index (Phi) is 6.53. The van der Waals surface area contributed by atoms with Crippen molar-refractivity contribution in [2.75, 3.05) is 4.90 Å². The van der Waals surface area contributed by atoms with Crippen LogP contribution >= 0.6 is 0 Å². The van der Waals surface area contributed by atoms with Crippen LogP contribution in [-0.2, 0) is 0 Å². The van der Waals surface area contributed by atoms with Crippen molar-refractivity contribution < 1.29 is 4.42 Å². The molecule has 10 aromatic rings. The average Bonchev–Trinajstić information content (AvgIpc) is 3.55. The van der Waals surface area contributed by atoms with E-state index in [9.17, 15) is 0 Å². The van der Waals surface area contributed by atoms with Crippen molar-refractivity contribution in [3.63, 3.8) is 0 Å². The maximum atomic E-state index is 6.73. The molecule has 0 saturated carbocycles. The highest BCUT2D eigenvalue weighted by molar-refractivity contribution is 6.14. The van der Waals surface area contributed by atoms with Gasteiger partial charge in [-0.2, -0.15) is 0 Å². The van der Waals surface area contributed by atoms with E-state index in [0.29, 0.717) is 0 Å². The molecule has 10 rings (SSSR count). The third kappa shape index (κ3) is 4.65. The number of nitrogens with zero attached hydrogens (tertiary/aromatic N) is 1. The summed E-state index contributed by atoms with van der Waals surface area (Å²) in [5.41, 5.74) is 9.66. The first-order chi connectivity index (χ1) is 24.8. The zero-order valence-corrected chi connectivity index (χ0v) is 27.3. The fourth-order valence-corrected chi connectivity index (χ4v) is 7.60. The number of furan rings is 1. The van der Waals surface area contributed by atoms with Gasteiger partial charge < -0.3 is 9.32 Å². The molecule has 0 radical (unpaired) electrons. The molecular weight excluding hydrogens is 607 g/mol. The monoisotopic (exact) mass is 637 g/mol. The molecule has 0 aliphatic carbocycles. The average molecular weight is 638 g/mol. The summed E-state index contributed by atoms with van der Waals surface area (Å²) in [5, 5.41) is 9.56. The van der Waals surface area contributed by atoms with Crippen LogP contribution in [0, 0.1) is 0 Å². The Morgan fingerprint density at radius 3 is 1.76 bits per heavy atom. The van der Waals surface area contributed by atoms with E-state index in [-0.39, 0.29) is 0 Å². The molecule has 0 bridgehead atoms. The number of anilines is 3. The molecule has 0 unspecified atom stereocenters. The molecule has 0 amide bonds. The number of para-hydroxylation sites is 2. The summed E-state index contributed by atoms with van der Waals surface area (Å²) in [6.45, 7) is 0. The smallest absolute Gasteiger partial charge is 0.143 e. The van der Waals surface area contributed by atoms with Gasteiger partial charge in [0.25, 0.3) is 0 Å². The fraction of sp³-hybridized carbons (Fsp3) is 0. The van der Waals surface area contributed by atoms with Gasteiger partial charge in [0.05, 0.1) is 5.69 Å². The molecule has 0 fully saturated rings. The Labute approximate surface area is 290 Å². The zero-order chi connectivity index (χ0) is 33.0. The first kappa shape index (κ1) is 28.4. The van der Waals surface area contributed by atoms with E-state index >= 15 is 0 Å². The minimum atomic E-state index is 0.898. The topological polar surface area (TPSA) is 16.4 Å². The first-order valence-corrected chi connectivity index (χ1v) is 17.1. The summed E-state index contributed by atoms with van der Waals surface area (Å²) in [6.07, 6.45) is 0. The minimum absolute atomic E-state index is 0.898. The van der Waals surface area contributed by atoms with Crippen LogP contribution in [0.15, 0.2) is 192 Å². The Morgan fingerprint density at radius 2 is 0.920 bits per heavy atom.